The van der Waals surface area contributed by atoms with Gasteiger partial charge in [0, 0.05) is 39.3 Å². The summed E-state index contributed by atoms with van der Waals surface area (Å²) in [4.78, 5) is 18.9. The van der Waals surface area contributed by atoms with Gasteiger partial charge in [0.15, 0.2) is 0 Å². The van der Waals surface area contributed by atoms with Crippen LogP contribution in [-0.2, 0) is 11.3 Å². The molecular weight excluding hydrogens is 374 g/mol. The molecule has 1 fully saturated rings. The summed E-state index contributed by atoms with van der Waals surface area (Å²) in [5, 5.41) is 0.637. The molecule has 150 valence electrons. The third kappa shape index (κ3) is 6.23. The fourth-order valence-corrected chi connectivity index (χ4v) is 3.54. The van der Waals surface area contributed by atoms with E-state index in [0.717, 1.165) is 45.0 Å². The van der Waals surface area contributed by atoms with E-state index in [1.807, 2.05) is 54.4 Å². The molecule has 3 rings (SSSR count). The summed E-state index contributed by atoms with van der Waals surface area (Å²) < 4.78 is 5.76. The Morgan fingerprint density at radius 2 is 1.71 bits per heavy atom. The molecule has 2 aromatic carbocycles. The Hall–Kier alpha value is -2.08. The highest BCUT2D eigenvalue weighted by atomic mass is 35.5. The normalized spacial score (nSPS) is 15.0. The third-order valence-electron chi connectivity index (χ3n) is 4.93. The number of nitrogens with zero attached hydrogens (tertiary/aromatic N) is 3. The first-order valence-corrected chi connectivity index (χ1v) is 10.1. The molecule has 1 amide bonds. The van der Waals surface area contributed by atoms with Gasteiger partial charge >= 0.3 is 0 Å². The Morgan fingerprint density at radius 3 is 2.43 bits per heavy atom. The first-order valence-electron chi connectivity index (χ1n) is 9.72. The zero-order valence-electron chi connectivity index (χ0n) is 16.4. The van der Waals surface area contributed by atoms with Crippen molar-refractivity contribution in [2.24, 2.45) is 0 Å². The van der Waals surface area contributed by atoms with Crippen molar-refractivity contribution in [1.82, 2.24) is 14.7 Å². The number of piperazine rings is 1. The topological polar surface area (TPSA) is 36.0 Å². The molecule has 1 saturated heterocycles. The first-order chi connectivity index (χ1) is 13.6. The molecule has 0 spiro atoms. The number of hydrogen-bond acceptors (Lipinski definition) is 4. The van der Waals surface area contributed by atoms with Gasteiger partial charge < -0.3 is 9.64 Å². The van der Waals surface area contributed by atoms with E-state index < -0.39 is 0 Å². The largest absolute Gasteiger partial charge is 0.491 e. The molecule has 0 atom stereocenters. The molecule has 1 heterocycles. The average molecular weight is 402 g/mol. The van der Waals surface area contributed by atoms with Crippen LogP contribution >= 0.6 is 11.6 Å². The minimum atomic E-state index is 0.199. The van der Waals surface area contributed by atoms with Crippen LogP contribution in [0, 0.1) is 0 Å². The third-order valence-corrected chi connectivity index (χ3v) is 5.24. The summed E-state index contributed by atoms with van der Waals surface area (Å²) >= 11 is 6.11. The van der Waals surface area contributed by atoms with Crippen molar-refractivity contribution in [2.75, 3.05) is 52.9 Å². The van der Waals surface area contributed by atoms with Crippen LogP contribution in [0.4, 0.5) is 0 Å². The number of likely N-dealkylation sites (N-methyl/N-ethyl adjacent to an activating group) is 1. The molecule has 0 bridgehead atoms. The van der Waals surface area contributed by atoms with Crippen LogP contribution in [-0.4, -0.2) is 73.5 Å². The molecule has 6 heteroatoms. The summed E-state index contributed by atoms with van der Waals surface area (Å²) in [7, 11) is 1.99. The molecule has 5 nitrogen and oxygen atoms in total. The van der Waals surface area contributed by atoms with Crippen LogP contribution in [0.1, 0.15) is 5.56 Å². The van der Waals surface area contributed by atoms with Gasteiger partial charge in [-0.2, -0.15) is 0 Å². The van der Waals surface area contributed by atoms with Gasteiger partial charge in [0.05, 0.1) is 11.6 Å². The van der Waals surface area contributed by atoms with Gasteiger partial charge in [0.1, 0.15) is 12.4 Å². The second kappa shape index (κ2) is 10.5. The lowest BCUT2D eigenvalue weighted by Crippen LogP contribution is -2.51. The van der Waals surface area contributed by atoms with Crippen LogP contribution in [0.5, 0.6) is 5.75 Å². The maximum Gasteiger partial charge on any atom is 0.236 e. The van der Waals surface area contributed by atoms with Gasteiger partial charge in [-0.15, -0.1) is 0 Å². The molecule has 0 aromatic heterocycles. The number of rotatable bonds is 8. The Balaban J connectivity index is 1.35. The minimum Gasteiger partial charge on any atom is -0.491 e. The molecule has 1 aliphatic heterocycles. The maximum absolute atomic E-state index is 12.6. The molecule has 0 saturated carbocycles. The Morgan fingerprint density at radius 1 is 1.04 bits per heavy atom. The van der Waals surface area contributed by atoms with E-state index in [4.69, 9.17) is 16.3 Å². The van der Waals surface area contributed by atoms with Gasteiger partial charge in [-0.05, 0) is 24.7 Å². The second-order valence-electron chi connectivity index (χ2n) is 7.16. The van der Waals surface area contributed by atoms with Crippen molar-refractivity contribution in [2.45, 2.75) is 6.54 Å². The number of para-hydroxylation sites is 1. The number of carbonyl (C=O) groups excluding carboxylic acids is 1. The minimum absolute atomic E-state index is 0.199. The molecule has 0 unspecified atom stereocenters. The number of amides is 1. The predicted molar refractivity (Wildman–Crippen MR) is 113 cm³/mol. The summed E-state index contributed by atoms with van der Waals surface area (Å²) in [6.45, 7) is 5.95. The monoisotopic (exact) mass is 401 g/mol. The molecule has 0 radical (unpaired) electrons. The van der Waals surface area contributed by atoms with Crippen molar-refractivity contribution >= 4 is 17.5 Å². The van der Waals surface area contributed by atoms with Crippen molar-refractivity contribution < 1.29 is 9.53 Å². The predicted octanol–water partition coefficient (Wildman–Crippen LogP) is 3.00. The zero-order chi connectivity index (χ0) is 19.8. The van der Waals surface area contributed by atoms with Crippen molar-refractivity contribution in [3.8, 4) is 5.75 Å². The van der Waals surface area contributed by atoms with Gasteiger partial charge in [-0.3, -0.25) is 14.6 Å². The quantitative estimate of drug-likeness (QED) is 0.681. The highest BCUT2D eigenvalue weighted by Crippen LogP contribution is 2.22. The van der Waals surface area contributed by atoms with Gasteiger partial charge in [0.2, 0.25) is 5.91 Å². The fourth-order valence-electron chi connectivity index (χ4n) is 3.35. The van der Waals surface area contributed by atoms with Gasteiger partial charge in [0.25, 0.3) is 0 Å². The van der Waals surface area contributed by atoms with E-state index in [1.54, 1.807) is 0 Å². The smallest absolute Gasteiger partial charge is 0.236 e. The highest BCUT2D eigenvalue weighted by molar-refractivity contribution is 6.32. The van der Waals surface area contributed by atoms with Crippen molar-refractivity contribution in [3.63, 3.8) is 0 Å². The first kappa shape index (κ1) is 20.6. The molecule has 0 aliphatic carbocycles. The highest BCUT2D eigenvalue weighted by Gasteiger charge is 2.21. The Bertz CT molecular complexity index is 748. The summed E-state index contributed by atoms with van der Waals surface area (Å²) in [6.07, 6.45) is 0. The van der Waals surface area contributed by atoms with Crippen LogP contribution < -0.4 is 4.74 Å². The molecule has 1 aliphatic rings. The Labute approximate surface area is 172 Å². The average Bonchev–Trinajstić information content (AvgIpc) is 2.70. The molecule has 0 N–H and O–H groups in total. The fraction of sp³-hybridized carbons (Fsp3) is 0.409. The number of carbonyl (C=O) groups is 1. The number of halogens is 1. The zero-order valence-corrected chi connectivity index (χ0v) is 17.1. The van der Waals surface area contributed by atoms with Gasteiger partial charge in [-0.1, -0.05) is 54.1 Å². The van der Waals surface area contributed by atoms with Crippen molar-refractivity contribution in [1.29, 1.82) is 0 Å². The van der Waals surface area contributed by atoms with Crippen LogP contribution in [0.15, 0.2) is 54.6 Å². The molecule has 2 aromatic rings. The summed E-state index contributed by atoms with van der Waals surface area (Å²) in [5.74, 6) is 0.921. The standard InChI is InChI=1S/C22H28ClN3O2/c1-24(17-19-7-3-2-4-8-19)18-22(27)26-13-11-25(12-14-26)15-16-28-21-10-6-5-9-20(21)23/h2-10H,11-18H2,1H3. The van der Waals surface area contributed by atoms with E-state index in [-0.39, 0.29) is 5.91 Å². The summed E-state index contributed by atoms with van der Waals surface area (Å²) in [5.41, 5.74) is 1.22. The van der Waals surface area contributed by atoms with Crippen LogP contribution in [0.2, 0.25) is 5.02 Å². The SMILES string of the molecule is CN(CC(=O)N1CCN(CCOc2ccccc2Cl)CC1)Cc1ccccc1. The number of benzene rings is 2. The van der Waals surface area contributed by atoms with E-state index in [2.05, 4.69) is 21.9 Å². The maximum atomic E-state index is 12.6. The lowest BCUT2D eigenvalue weighted by molar-refractivity contribution is -0.134. The van der Waals surface area contributed by atoms with Crippen LogP contribution in [0.25, 0.3) is 0 Å². The second-order valence-corrected chi connectivity index (χ2v) is 7.57. The van der Waals surface area contributed by atoms with E-state index >= 15 is 0 Å². The van der Waals surface area contributed by atoms with E-state index in [9.17, 15) is 4.79 Å². The van der Waals surface area contributed by atoms with Crippen LogP contribution in [0.3, 0.4) is 0 Å². The molecular formula is C22H28ClN3O2. The lowest BCUT2D eigenvalue weighted by atomic mass is 10.2. The van der Waals surface area contributed by atoms with E-state index in [1.165, 1.54) is 5.56 Å². The number of ether oxygens (including phenoxy) is 1. The lowest BCUT2D eigenvalue weighted by Gasteiger charge is -2.35. The van der Waals surface area contributed by atoms with Gasteiger partial charge in [-0.25, -0.2) is 0 Å². The molecule has 28 heavy (non-hydrogen) atoms. The van der Waals surface area contributed by atoms with E-state index in [0.29, 0.717) is 18.2 Å². The summed E-state index contributed by atoms with van der Waals surface area (Å²) in [6, 6.07) is 17.8. The Kier molecular flexibility index (Phi) is 7.71. The van der Waals surface area contributed by atoms with Crippen molar-refractivity contribution in [3.05, 3.63) is 65.2 Å². The number of hydrogen-bond donors (Lipinski definition) is 0.